The zero-order valence-electron chi connectivity index (χ0n) is 12.3. The van der Waals surface area contributed by atoms with Crippen molar-refractivity contribution < 1.29 is 13.5 Å². The lowest BCUT2D eigenvalue weighted by molar-refractivity contribution is -0.0506. The van der Waals surface area contributed by atoms with Gasteiger partial charge in [0.15, 0.2) is 0 Å². The molecule has 1 atom stereocenters. The van der Waals surface area contributed by atoms with Gasteiger partial charge in [-0.15, -0.1) is 0 Å². The maximum atomic E-state index is 12.4. The zero-order valence-corrected chi connectivity index (χ0v) is 12.3. The van der Waals surface area contributed by atoms with Gasteiger partial charge in [0.05, 0.1) is 6.20 Å². The quantitative estimate of drug-likeness (QED) is 0.889. The molecule has 2 aromatic rings. The van der Waals surface area contributed by atoms with Gasteiger partial charge < -0.3 is 10.1 Å². The van der Waals surface area contributed by atoms with Crippen molar-refractivity contribution >= 4 is 0 Å². The normalized spacial score (nSPS) is 12.7. The summed E-state index contributed by atoms with van der Waals surface area (Å²) in [6.45, 7) is 1.70. The molecule has 0 aliphatic carbocycles. The van der Waals surface area contributed by atoms with Crippen LogP contribution in [0.25, 0.3) is 0 Å². The fourth-order valence-electron chi connectivity index (χ4n) is 2.13. The number of hydrogen-bond acceptors (Lipinski definition) is 3. The van der Waals surface area contributed by atoms with Gasteiger partial charge in [-0.25, -0.2) is 0 Å². The van der Waals surface area contributed by atoms with E-state index < -0.39 is 6.61 Å². The molecule has 1 heterocycles. The van der Waals surface area contributed by atoms with Crippen LogP contribution in [-0.4, -0.2) is 16.4 Å². The Balaban J connectivity index is 2.06. The summed E-state index contributed by atoms with van der Waals surface area (Å²) in [6, 6.07) is 6.71. The third-order valence-electron chi connectivity index (χ3n) is 3.54. The Bertz CT molecular complexity index is 598. The van der Waals surface area contributed by atoms with Crippen LogP contribution in [-0.2, 0) is 13.6 Å². The lowest BCUT2D eigenvalue weighted by Gasteiger charge is -2.18. The molecule has 1 aromatic heterocycles. The molecule has 0 aliphatic heterocycles. The third-order valence-corrected chi connectivity index (χ3v) is 3.54. The maximum absolute atomic E-state index is 12.4. The second kappa shape index (κ2) is 6.67. The molecule has 0 aliphatic rings. The van der Waals surface area contributed by atoms with E-state index in [4.69, 9.17) is 0 Å². The summed E-state index contributed by atoms with van der Waals surface area (Å²) >= 11 is 0. The SMILES string of the molecule is Cc1c(CNC(C)c2ccccc2OC(F)F)cnn1C. The second-order valence-corrected chi connectivity index (χ2v) is 4.90. The first-order valence-corrected chi connectivity index (χ1v) is 6.73. The number of ether oxygens (including phenoxy) is 1. The van der Waals surface area contributed by atoms with E-state index in [0.717, 1.165) is 11.3 Å². The van der Waals surface area contributed by atoms with Gasteiger partial charge in [0.1, 0.15) is 5.75 Å². The molecule has 0 spiro atoms. The highest BCUT2D eigenvalue weighted by molar-refractivity contribution is 5.35. The lowest BCUT2D eigenvalue weighted by atomic mass is 10.1. The summed E-state index contributed by atoms with van der Waals surface area (Å²) in [7, 11) is 1.88. The summed E-state index contributed by atoms with van der Waals surface area (Å²) in [5.41, 5.74) is 2.86. The van der Waals surface area contributed by atoms with Gasteiger partial charge in [-0.05, 0) is 19.9 Å². The Labute approximate surface area is 122 Å². The number of nitrogens with one attached hydrogen (secondary N) is 1. The van der Waals surface area contributed by atoms with Crippen LogP contribution >= 0.6 is 0 Å². The van der Waals surface area contributed by atoms with Gasteiger partial charge in [0.25, 0.3) is 0 Å². The summed E-state index contributed by atoms with van der Waals surface area (Å²) in [4.78, 5) is 0. The molecule has 0 amide bonds. The Hall–Kier alpha value is -1.95. The van der Waals surface area contributed by atoms with Gasteiger partial charge in [-0.2, -0.15) is 13.9 Å². The van der Waals surface area contributed by atoms with Gasteiger partial charge in [0, 0.05) is 36.5 Å². The molecule has 0 radical (unpaired) electrons. The lowest BCUT2D eigenvalue weighted by Crippen LogP contribution is -2.19. The fourth-order valence-corrected chi connectivity index (χ4v) is 2.13. The molecule has 114 valence electrons. The molecule has 1 aromatic carbocycles. The smallest absolute Gasteiger partial charge is 0.387 e. The van der Waals surface area contributed by atoms with Crippen molar-refractivity contribution in [2.45, 2.75) is 33.0 Å². The first-order chi connectivity index (χ1) is 9.99. The van der Waals surface area contributed by atoms with E-state index in [1.54, 1.807) is 35.1 Å². The summed E-state index contributed by atoms with van der Waals surface area (Å²) in [6.07, 6.45) is 1.80. The molecular formula is C15H19F2N3O. The van der Waals surface area contributed by atoms with E-state index in [-0.39, 0.29) is 11.8 Å². The number of benzene rings is 1. The minimum absolute atomic E-state index is 0.112. The number of para-hydroxylation sites is 1. The number of alkyl halides is 2. The highest BCUT2D eigenvalue weighted by atomic mass is 19.3. The van der Waals surface area contributed by atoms with Crippen molar-refractivity contribution in [2.75, 3.05) is 0 Å². The second-order valence-electron chi connectivity index (χ2n) is 4.90. The van der Waals surface area contributed by atoms with Crippen LogP contribution in [0.5, 0.6) is 5.75 Å². The third kappa shape index (κ3) is 3.78. The molecule has 1 unspecified atom stereocenters. The number of halogens is 2. The predicted octanol–water partition coefficient (Wildman–Crippen LogP) is 3.18. The van der Waals surface area contributed by atoms with Crippen molar-refractivity contribution in [3.8, 4) is 5.75 Å². The monoisotopic (exact) mass is 295 g/mol. The topological polar surface area (TPSA) is 39.1 Å². The summed E-state index contributed by atoms with van der Waals surface area (Å²) < 4.78 is 31.2. The predicted molar refractivity (Wildman–Crippen MR) is 76.3 cm³/mol. The van der Waals surface area contributed by atoms with Crippen molar-refractivity contribution in [2.24, 2.45) is 7.05 Å². The molecule has 1 N–H and O–H groups in total. The highest BCUT2D eigenvalue weighted by Crippen LogP contribution is 2.26. The van der Waals surface area contributed by atoms with E-state index in [2.05, 4.69) is 15.2 Å². The van der Waals surface area contributed by atoms with Gasteiger partial charge in [-0.1, -0.05) is 18.2 Å². The summed E-state index contributed by atoms with van der Waals surface area (Å²) in [5, 5.41) is 7.48. The average Bonchev–Trinajstić information content (AvgIpc) is 2.76. The van der Waals surface area contributed by atoms with Crippen LogP contribution in [0.15, 0.2) is 30.5 Å². The van der Waals surface area contributed by atoms with Crippen LogP contribution < -0.4 is 10.1 Å². The molecule has 2 rings (SSSR count). The van der Waals surface area contributed by atoms with Crippen LogP contribution in [0.4, 0.5) is 8.78 Å². The van der Waals surface area contributed by atoms with Crippen molar-refractivity contribution in [3.63, 3.8) is 0 Å². The van der Waals surface area contributed by atoms with E-state index in [1.165, 1.54) is 0 Å². The molecule has 0 saturated heterocycles. The zero-order chi connectivity index (χ0) is 15.4. The molecule has 4 nitrogen and oxygen atoms in total. The number of hydrogen-bond donors (Lipinski definition) is 1. The Morgan fingerprint density at radius 3 is 2.67 bits per heavy atom. The fraction of sp³-hybridized carbons (Fsp3) is 0.400. The van der Waals surface area contributed by atoms with Crippen LogP contribution in [0.1, 0.15) is 29.8 Å². The van der Waals surface area contributed by atoms with E-state index in [1.807, 2.05) is 20.9 Å². The Morgan fingerprint density at radius 1 is 1.33 bits per heavy atom. The van der Waals surface area contributed by atoms with Crippen molar-refractivity contribution in [1.29, 1.82) is 0 Å². The van der Waals surface area contributed by atoms with Crippen molar-refractivity contribution in [3.05, 3.63) is 47.3 Å². The van der Waals surface area contributed by atoms with E-state index in [0.29, 0.717) is 12.1 Å². The van der Waals surface area contributed by atoms with E-state index >= 15 is 0 Å². The molecule has 0 bridgehead atoms. The van der Waals surface area contributed by atoms with Crippen LogP contribution in [0, 0.1) is 6.92 Å². The molecule has 0 saturated carbocycles. The number of rotatable bonds is 6. The first kappa shape index (κ1) is 15.4. The molecule has 6 heteroatoms. The van der Waals surface area contributed by atoms with Crippen LogP contribution in [0.2, 0.25) is 0 Å². The molecular weight excluding hydrogens is 276 g/mol. The van der Waals surface area contributed by atoms with Gasteiger partial charge in [0.2, 0.25) is 0 Å². The standard InChI is InChI=1S/C15H19F2N3O/c1-10(18-8-12-9-19-20(3)11(12)2)13-6-4-5-7-14(13)21-15(16)17/h4-7,9-10,15,18H,8H2,1-3H3. The van der Waals surface area contributed by atoms with Crippen LogP contribution in [0.3, 0.4) is 0 Å². The van der Waals surface area contributed by atoms with Crippen molar-refractivity contribution in [1.82, 2.24) is 15.1 Å². The minimum Gasteiger partial charge on any atom is -0.434 e. The number of aryl methyl sites for hydroxylation is 1. The number of nitrogens with zero attached hydrogens (tertiary/aromatic N) is 2. The maximum Gasteiger partial charge on any atom is 0.387 e. The largest absolute Gasteiger partial charge is 0.434 e. The Kier molecular flexibility index (Phi) is 4.90. The highest BCUT2D eigenvalue weighted by Gasteiger charge is 2.14. The minimum atomic E-state index is -2.82. The van der Waals surface area contributed by atoms with E-state index in [9.17, 15) is 8.78 Å². The first-order valence-electron chi connectivity index (χ1n) is 6.73. The summed E-state index contributed by atoms with van der Waals surface area (Å²) in [5.74, 6) is 0.204. The molecule has 21 heavy (non-hydrogen) atoms. The van der Waals surface area contributed by atoms with Gasteiger partial charge in [-0.3, -0.25) is 4.68 Å². The molecule has 0 fully saturated rings. The Morgan fingerprint density at radius 2 is 2.05 bits per heavy atom. The average molecular weight is 295 g/mol. The number of aromatic nitrogens is 2. The van der Waals surface area contributed by atoms with Gasteiger partial charge >= 0.3 is 6.61 Å².